The van der Waals surface area contributed by atoms with Crippen molar-refractivity contribution in [2.45, 2.75) is 13.3 Å². The number of carbonyl (C=O) groups excluding carboxylic acids is 2. The normalized spacial score (nSPS) is 10.4. The van der Waals surface area contributed by atoms with Gasteiger partial charge in [-0.1, -0.05) is 40.2 Å². The number of para-hydroxylation sites is 1. The minimum atomic E-state index is -0.280. The lowest BCUT2D eigenvalue weighted by Crippen LogP contribution is -2.28. The van der Waals surface area contributed by atoms with Gasteiger partial charge in [-0.2, -0.15) is 0 Å². The number of rotatable bonds is 7. The molecule has 0 atom stereocenters. The first-order valence-electron chi connectivity index (χ1n) is 8.92. The number of hydrogen-bond donors (Lipinski definition) is 2. The fourth-order valence-electron chi connectivity index (χ4n) is 2.72. The van der Waals surface area contributed by atoms with Crippen LogP contribution in [0.2, 0.25) is 0 Å². The van der Waals surface area contributed by atoms with Crippen molar-refractivity contribution in [1.82, 2.24) is 10.3 Å². The van der Waals surface area contributed by atoms with Crippen LogP contribution in [0.5, 0.6) is 5.75 Å². The standard InChI is InChI=1S/C21H20BrN3O3S/c1-13-19(14-7-9-15(22)10-8-14)25-21(29-13)24-18(26)11-12-23-20(27)16-5-3-4-6-17(16)28-2/h3-10H,11-12H2,1-2H3,(H,23,27)(H,24,25,26). The zero-order valence-electron chi connectivity index (χ0n) is 16.0. The Kier molecular flexibility index (Phi) is 7.00. The van der Waals surface area contributed by atoms with Crippen molar-refractivity contribution in [2.24, 2.45) is 0 Å². The highest BCUT2D eigenvalue weighted by molar-refractivity contribution is 9.10. The molecule has 2 aromatic carbocycles. The molecule has 3 rings (SSSR count). The first-order valence-corrected chi connectivity index (χ1v) is 10.5. The molecule has 150 valence electrons. The number of thiazole rings is 1. The predicted molar refractivity (Wildman–Crippen MR) is 119 cm³/mol. The molecule has 1 heterocycles. The zero-order valence-corrected chi connectivity index (χ0v) is 18.4. The van der Waals surface area contributed by atoms with Crippen molar-refractivity contribution >= 4 is 44.2 Å². The van der Waals surface area contributed by atoms with E-state index in [0.717, 1.165) is 20.6 Å². The van der Waals surface area contributed by atoms with Gasteiger partial charge in [-0.25, -0.2) is 4.98 Å². The van der Waals surface area contributed by atoms with Crippen molar-refractivity contribution < 1.29 is 14.3 Å². The maximum absolute atomic E-state index is 12.3. The van der Waals surface area contributed by atoms with Gasteiger partial charge in [0.2, 0.25) is 5.91 Å². The number of benzene rings is 2. The average molecular weight is 474 g/mol. The van der Waals surface area contributed by atoms with Crippen molar-refractivity contribution in [1.29, 1.82) is 0 Å². The first-order chi connectivity index (χ1) is 14.0. The van der Waals surface area contributed by atoms with Gasteiger partial charge in [0.25, 0.3) is 5.91 Å². The van der Waals surface area contributed by atoms with Crippen LogP contribution in [0.3, 0.4) is 0 Å². The summed E-state index contributed by atoms with van der Waals surface area (Å²) in [7, 11) is 1.51. The summed E-state index contributed by atoms with van der Waals surface area (Å²) in [6.07, 6.45) is 0.146. The SMILES string of the molecule is COc1ccccc1C(=O)NCCC(=O)Nc1nc(-c2ccc(Br)cc2)c(C)s1. The molecule has 0 unspecified atom stereocenters. The fraction of sp³-hybridized carbons (Fsp3) is 0.190. The molecule has 0 bridgehead atoms. The quantitative estimate of drug-likeness (QED) is 0.523. The Hall–Kier alpha value is -2.71. The molecular weight excluding hydrogens is 454 g/mol. The number of halogens is 1. The molecule has 2 amide bonds. The minimum Gasteiger partial charge on any atom is -0.496 e. The van der Waals surface area contributed by atoms with Gasteiger partial charge in [0, 0.05) is 27.9 Å². The summed E-state index contributed by atoms with van der Waals surface area (Å²) in [6, 6.07) is 14.8. The summed E-state index contributed by atoms with van der Waals surface area (Å²) < 4.78 is 6.18. The van der Waals surface area contributed by atoms with E-state index in [0.29, 0.717) is 16.4 Å². The molecule has 29 heavy (non-hydrogen) atoms. The second-order valence-electron chi connectivity index (χ2n) is 6.19. The van der Waals surface area contributed by atoms with Crippen LogP contribution in [0.1, 0.15) is 21.7 Å². The Labute approximate surface area is 181 Å². The van der Waals surface area contributed by atoms with Crippen LogP contribution in [0, 0.1) is 6.92 Å². The largest absolute Gasteiger partial charge is 0.496 e. The van der Waals surface area contributed by atoms with Crippen LogP contribution < -0.4 is 15.4 Å². The van der Waals surface area contributed by atoms with Gasteiger partial charge in [-0.05, 0) is 31.2 Å². The summed E-state index contributed by atoms with van der Waals surface area (Å²) in [6.45, 7) is 2.19. The number of ether oxygens (including phenoxy) is 1. The minimum absolute atomic E-state index is 0.146. The highest BCUT2D eigenvalue weighted by Gasteiger charge is 2.14. The number of aryl methyl sites for hydroxylation is 1. The van der Waals surface area contributed by atoms with Crippen molar-refractivity contribution in [3.8, 4) is 17.0 Å². The molecule has 0 aliphatic carbocycles. The van der Waals surface area contributed by atoms with Crippen molar-refractivity contribution in [2.75, 3.05) is 19.0 Å². The molecule has 0 fully saturated rings. The molecule has 0 aliphatic rings. The third-order valence-electron chi connectivity index (χ3n) is 4.15. The lowest BCUT2D eigenvalue weighted by molar-refractivity contribution is -0.116. The van der Waals surface area contributed by atoms with E-state index in [1.807, 2.05) is 31.2 Å². The number of nitrogens with zero attached hydrogens (tertiary/aromatic N) is 1. The van der Waals surface area contributed by atoms with E-state index >= 15 is 0 Å². The van der Waals surface area contributed by atoms with Gasteiger partial charge < -0.3 is 15.4 Å². The van der Waals surface area contributed by atoms with Gasteiger partial charge >= 0.3 is 0 Å². The Morgan fingerprint density at radius 3 is 2.59 bits per heavy atom. The monoisotopic (exact) mass is 473 g/mol. The number of carbonyl (C=O) groups is 2. The van der Waals surface area contributed by atoms with E-state index in [4.69, 9.17) is 4.74 Å². The smallest absolute Gasteiger partial charge is 0.255 e. The maximum atomic E-state index is 12.3. The molecule has 6 nitrogen and oxygen atoms in total. The summed E-state index contributed by atoms with van der Waals surface area (Å²) in [4.78, 5) is 30.0. The van der Waals surface area contributed by atoms with Crippen molar-refractivity contribution in [3.63, 3.8) is 0 Å². The molecule has 0 saturated heterocycles. The van der Waals surface area contributed by atoms with E-state index in [9.17, 15) is 9.59 Å². The Balaban J connectivity index is 1.54. The molecular formula is C21H20BrN3O3S. The van der Waals surface area contributed by atoms with Crippen molar-refractivity contribution in [3.05, 3.63) is 63.4 Å². The molecule has 0 saturated carbocycles. The second kappa shape index (κ2) is 9.67. The van der Waals surface area contributed by atoms with Crippen LogP contribution in [0.15, 0.2) is 53.0 Å². The van der Waals surface area contributed by atoms with Crippen LogP contribution >= 0.6 is 27.3 Å². The zero-order chi connectivity index (χ0) is 20.8. The maximum Gasteiger partial charge on any atom is 0.255 e. The third kappa shape index (κ3) is 5.42. The molecule has 0 aliphatic heterocycles. The summed E-state index contributed by atoms with van der Waals surface area (Å²) in [5.41, 5.74) is 2.28. The van der Waals surface area contributed by atoms with Gasteiger partial charge in [0.1, 0.15) is 5.75 Å². The van der Waals surface area contributed by atoms with Gasteiger partial charge in [0.05, 0.1) is 18.4 Å². The van der Waals surface area contributed by atoms with E-state index in [1.54, 1.807) is 24.3 Å². The highest BCUT2D eigenvalue weighted by atomic mass is 79.9. The number of aromatic nitrogens is 1. The van der Waals surface area contributed by atoms with E-state index in [1.165, 1.54) is 18.4 Å². The number of nitrogens with one attached hydrogen (secondary N) is 2. The number of amides is 2. The predicted octanol–water partition coefficient (Wildman–Crippen LogP) is 4.65. The molecule has 8 heteroatoms. The molecule has 0 spiro atoms. The van der Waals surface area contributed by atoms with Crippen LogP contribution in [-0.2, 0) is 4.79 Å². The average Bonchev–Trinajstić information content (AvgIpc) is 3.08. The number of anilines is 1. The van der Waals surface area contributed by atoms with Gasteiger partial charge in [0.15, 0.2) is 5.13 Å². The topological polar surface area (TPSA) is 80.3 Å². The molecule has 3 aromatic rings. The fourth-order valence-corrected chi connectivity index (χ4v) is 3.84. The van der Waals surface area contributed by atoms with E-state index in [2.05, 4.69) is 31.5 Å². The molecule has 2 N–H and O–H groups in total. The number of methoxy groups -OCH3 is 1. The van der Waals surface area contributed by atoms with Crippen LogP contribution in [0.25, 0.3) is 11.3 Å². The molecule has 0 radical (unpaired) electrons. The first kappa shape index (κ1) is 21.0. The Bertz CT molecular complexity index is 1020. The van der Waals surface area contributed by atoms with E-state index in [-0.39, 0.29) is 24.8 Å². The Morgan fingerprint density at radius 1 is 1.14 bits per heavy atom. The Morgan fingerprint density at radius 2 is 1.86 bits per heavy atom. The van der Waals surface area contributed by atoms with Crippen LogP contribution in [0.4, 0.5) is 5.13 Å². The number of hydrogen-bond acceptors (Lipinski definition) is 5. The third-order valence-corrected chi connectivity index (χ3v) is 5.56. The second-order valence-corrected chi connectivity index (χ2v) is 8.30. The van der Waals surface area contributed by atoms with E-state index < -0.39 is 0 Å². The highest BCUT2D eigenvalue weighted by Crippen LogP contribution is 2.31. The van der Waals surface area contributed by atoms with Crippen LogP contribution in [-0.4, -0.2) is 30.5 Å². The lowest BCUT2D eigenvalue weighted by atomic mass is 10.1. The summed E-state index contributed by atoms with van der Waals surface area (Å²) in [5.74, 6) is 0.00693. The van der Waals surface area contributed by atoms with Gasteiger partial charge in [-0.3, -0.25) is 9.59 Å². The molecule has 1 aromatic heterocycles. The lowest BCUT2D eigenvalue weighted by Gasteiger charge is -2.08. The summed E-state index contributed by atoms with van der Waals surface area (Å²) >= 11 is 4.84. The summed E-state index contributed by atoms with van der Waals surface area (Å²) in [5, 5.41) is 6.08. The van der Waals surface area contributed by atoms with Gasteiger partial charge in [-0.15, -0.1) is 11.3 Å².